The van der Waals surface area contributed by atoms with Gasteiger partial charge in [0.05, 0.1) is 12.0 Å². The number of ether oxygens (including phenoxy) is 3. The van der Waals surface area contributed by atoms with Gasteiger partial charge in [-0.15, -0.1) is 10.2 Å². The van der Waals surface area contributed by atoms with Crippen molar-refractivity contribution >= 4 is 11.7 Å². The molecule has 0 unspecified atom stereocenters. The number of oxime groups is 1. The molecule has 0 saturated carbocycles. The summed E-state index contributed by atoms with van der Waals surface area (Å²) in [5, 5.41) is 11.5. The average Bonchev–Trinajstić information content (AvgIpc) is 3.46. The summed E-state index contributed by atoms with van der Waals surface area (Å²) in [5.41, 5.74) is 1.36. The Kier molecular flexibility index (Phi) is 4.91. The number of fused-ring (bicyclic) bond motifs is 1. The molecule has 4 rings (SSSR count). The number of rotatable bonds is 7. The number of furan rings is 1. The molecule has 0 amide bonds. The molecule has 3 aromatic rings. The Hall–Kier alpha value is -3.82. The van der Waals surface area contributed by atoms with Crippen molar-refractivity contribution in [3.8, 4) is 23.1 Å². The van der Waals surface area contributed by atoms with Gasteiger partial charge in [-0.1, -0.05) is 5.16 Å². The predicted molar refractivity (Wildman–Crippen MR) is 92.5 cm³/mol. The molecule has 2 aromatic heterocycles. The maximum atomic E-state index is 11.8. The van der Waals surface area contributed by atoms with E-state index in [-0.39, 0.29) is 31.8 Å². The van der Waals surface area contributed by atoms with Gasteiger partial charge in [-0.3, -0.25) is 0 Å². The normalized spacial score (nSPS) is 12.8. The van der Waals surface area contributed by atoms with E-state index >= 15 is 0 Å². The SMILES string of the molecule is C/C(=N/OCC(=O)OCc1nnc(-c2ccco2)o1)c1ccc2c(c1)OCO2. The Labute approximate surface area is 158 Å². The van der Waals surface area contributed by atoms with Crippen LogP contribution in [0.15, 0.2) is 50.6 Å². The van der Waals surface area contributed by atoms with Crippen LogP contribution in [0.2, 0.25) is 0 Å². The first-order valence-corrected chi connectivity index (χ1v) is 8.27. The van der Waals surface area contributed by atoms with E-state index < -0.39 is 5.97 Å². The lowest BCUT2D eigenvalue weighted by molar-refractivity contribution is -0.150. The summed E-state index contributed by atoms with van der Waals surface area (Å²) in [6.07, 6.45) is 1.49. The van der Waals surface area contributed by atoms with Gasteiger partial charge >= 0.3 is 5.97 Å². The van der Waals surface area contributed by atoms with Gasteiger partial charge in [-0.25, -0.2) is 4.79 Å². The third-order valence-corrected chi connectivity index (χ3v) is 3.73. The maximum absolute atomic E-state index is 11.8. The van der Waals surface area contributed by atoms with Crippen molar-refractivity contribution in [3.05, 3.63) is 48.0 Å². The van der Waals surface area contributed by atoms with Crippen LogP contribution in [0.25, 0.3) is 11.7 Å². The summed E-state index contributed by atoms with van der Waals surface area (Å²) in [6, 6.07) is 8.77. The van der Waals surface area contributed by atoms with Gasteiger partial charge < -0.3 is 27.9 Å². The minimum Gasteiger partial charge on any atom is -0.459 e. The Balaban J connectivity index is 1.25. The number of aromatic nitrogens is 2. The quantitative estimate of drug-likeness (QED) is 0.343. The smallest absolute Gasteiger partial charge is 0.347 e. The zero-order chi connectivity index (χ0) is 19.3. The number of hydrogen-bond donors (Lipinski definition) is 0. The molecule has 10 heteroatoms. The minimum absolute atomic E-state index is 0.139. The van der Waals surface area contributed by atoms with Crippen LogP contribution >= 0.6 is 0 Å². The number of carbonyl (C=O) groups is 1. The van der Waals surface area contributed by atoms with Crippen LogP contribution in [-0.4, -0.2) is 35.3 Å². The summed E-state index contributed by atoms with van der Waals surface area (Å²) in [7, 11) is 0. The molecule has 1 aliphatic rings. The molecule has 144 valence electrons. The van der Waals surface area contributed by atoms with Crippen molar-refractivity contribution in [3.63, 3.8) is 0 Å². The van der Waals surface area contributed by atoms with Crippen molar-refractivity contribution < 1.29 is 32.7 Å². The lowest BCUT2D eigenvalue weighted by atomic mass is 10.1. The first-order chi connectivity index (χ1) is 13.7. The Morgan fingerprint density at radius 2 is 2.11 bits per heavy atom. The molecule has 0 N–H and O–H groups in total. The molecule has 0 radical (unpaired) electrons. The first-order valence-electron chi connectivity index (χ1n) is 8.27. The van der Waals surface area contributed by atoms with Crippen molar-refractivity contribution in [1.82, 2.24) is 10.2 Å². The second-order valence-electron chi connectivity index (χ2n) is 5.66. The number of esters is 1. The Bertz CT molecular complexity index is 995. The standard InChI is InChI=1S/C18H15N3O7/c1-11(12-4-5-13-15(7-12)26-10-25-13)21-27-9-17(22)24-8-16-19-20-18(28-16)14-3-2-6-23-14/h2-7H,8-10H2,1H3/b21-11-. The van der Waals surface area contributed by atoms with E-state index in [2.05, 4.69) is 15.4 Å². The van der Waals surface area contributed by atoms with Gasteiger partial charge in [0.2, 0.25) is 13.4 Å². The Morgan fingerprint density at radius 3 is 2.96 bits per heavy atom. The second kappa shape index (κ2) is 7.82. The minimum atomic E-state index is -0.625. The molecule has 0 bridgehead atoms. The van der Waals surface area contributed by atoms with E-state index in [1.165, 1.54) is 6.26 Å². The van der Waals surface area contributed by atoms with Crippen molar-refractivity contribution in [2.24, 2.45) is 5.16 Å². The molecule has 0 aliphatic carbocycles. The maximum Gasteiger partial charge on any atom is 0.347 e. The monoisotopic (exact) mass is 385 g/mol. The van der Waals surface area contributed by atoms with Crippen LogP contribution in [0.4, 0.5) is 0 Å². The third-order valence-electron chi connectivity index (χ3n) is 3.73. The zero-order valence-corrected chi connectivity index (χ0v) is 14.8. The molecular formula is C18H15N3O7. The van der Waals surface area contributed by atoms with Gasteiger partial charge in [0, 0.05) is 5.56 Å². The fourth-order valence-corrected chi connectivity index (χ4v) is 2.35. The molecule has 10 nitrogen and oxygen atoms in total. The first kappa shape index (κ1) is 17.6. The van der Waals surface area contributed by atoms with E-state index in [0.717, 1.165) is 5.56 Å². The average molecular weight is 385 g/mol. The van der Waals surface area contributed by atoms with Gasteiger partial charge in [-0.05, 0) is 37.3 Å². The molecule has 1 aliphatic heterocycles. The van der Waals surface area contributed by atoms with Crippen molar-refractivity contribution in [2.45, 2.75) is 13.5 Å². The molecule has 28 heavy (non-hydrogen) atoms. The number of nitrogens with zero attached hydrogens (tertiary/aromatic N) is 3. The van der Waals surface area contributed by atoms with E-state index in [1.807, 2.05) is 6.07 Å². The molecule has 3 heterocycles. The molecule has 0 fully saturated rings. The van der Waals surface area contributed by atoms with Crippen LogP contribution in [-0.2, 0) is 21.0 Å². The van der Waals surface area contributed by atoms with E-state index in [4.69, 9.17) is 27.9 Å². The molecular weight excluding hydrogens is 370 g/mol. The van der Waals surface area contributed by atoms with Gasteiger partial charge in [0.25, 0.3) is 11.8 Å². The largest absolute Gasteiger partial charge is 0.459 e. The molecule has 0 saturated heterocycles. The number of benzene rings is 1. The van der Waals surface area contributed by atoms with Crippen LogP contribution < -0.4 is 9.47 Å². The van der Waals surface area contributed by atoms with E-state index in [1.54, 1.807) is 31.2 Å². The predicted octanol–water partition coefficient (Wildman–Crippen LogP) is 2.54. The lowest BCUT2D eigenvalue weighted by Crippen LogP contribution is -2.11. The van der Waals surface area contributed by atoms with Crippen LogP contribution in [0.1, 0.15) is 18.4 Å². The van der Waals surface area contributed by atoms with E-state index in [9.17, 15) is 4.79 Å². The van der Waals surface area contributed by atoms with Crippen LogP contribution in [0.3, 0.4) is 0 Å². The fourth-order valence-electron chi connectivity index (χ4n) is 2.35. The summed E-state index contributed by atoms with van der Waals surface area (Å²) in [4.78, 5) is 16.8. The van der Waals surface area contributed by atoms with Crippen LogP contribution in [0.5, 0.6) is 11.5 Å². The lowest BCUT2D eigenvalue weighted by Gasteiger charge is -2.04. The van der Waals surface area contributed by atoms with Crippen molar-refractivity contribution in [2.75, 3.05) is 13.4 Å². The highest BCUT2D eigenvalue weighted by molar-refractivity contribution is 5.99. The Morgan fingerprint density at radius 1 is 1.21 bits per heavy atom. The second-order valence-corrected chi connectivity index (χ2v) is 5.66. The zero-order valence-electron chi connectivity index (χ0n) is 14.8. The van der Waals surface area contributed by atoms with E-state index in [0.29, 0.717) is 23.0 Å². The number of hydrogen-bond acceptors (Lipinski definition) is 10. The highest BCUT2D eigenvalue weighted by Gasteiger charge is 2.15. The van der Waals surface area contributed by atoms with Gasteiger partial charge in [0.1, 0.15) is 0 Å². The van der Waals surface area contributed by atoms with Gasteiger partial charge in [0.15, 0.2) is 23.9 Å². The summed E-state index contributed by atoms with van der Waals surface area (Å²) >= 11 is 0. The van der Waals surface area contributed by atoms with Crippen LogP contribution in [0, 0.1) is 0 Å². The topological polar surface area (TPSA) is 118 Å². The third kappa shape index (κ3) is 3.95. The summed E-state index contributed by atoms with van der Waals surface area (Å²) in [6.45, 7) is 1.40. The summed E-state index contributed by atoms with van der Waals surface area (Å²) < 4.78 is 26.1. The number of carbonyl (C=O) groups excluding carboxylic acids is 1. The molecule has 0 atom stereocenters. The highest BCUT2D eigenvalue weighted by Crippen LogP contribution is 2.32. The van der Waals surface area contributed by atoms with Crippen molar-refractivity contribution in [1.29, 1.82) is 0 Å². The fraction of sp³-hybridized carbons (Fsp3) is 0.222. The van der Waals surface area contributed by atoms with Gasteiger partial charge in [-0.2, -0.15) is 0 Å². The highest BCUT2D eigenvalue weighted by atomic mass is 16.7. The molecule has 1 aromatic carbocycles. The summed E-state index contributed by atoms with van der Waals surface area (Å²) in [5.74, 6) is 1.47. The molecule has 0 spiro atoms.